The maximum Gasteiger partial charge on any atom is 0.0871 e. The van der Waals surface area contributed by atoms with Gasteiger partial charge in [0.25, 0.3) is 0 Å². The summed E-state index contributed by atoms with van der Waals surface area (Å²) in [5.41, 5.74) is 2.33. The first-order valence-electron chi connectivity index (χ1n) is 4.18. The second-order valence-corrected chi connectivity index (χ2v) is 3.58. The molecule has 0 saturated carbocycles. The Hall–Kier alpha value is -0.820. The molecule has 0 heterocycles. The smallest absolute Gasteiger partial charge is 0.0871 e. The van der Waals surface area contributed by atoms with Gasteiger partial charge in [0.15, 0.2) is 0 Å². The van der Waals surface area contributed by atoms with Crippen molar-refractivity contribution < 1.29 is 4.74 Å². The Kier molecular flexibility index (Phi) is 2.53. The third-order valence-corrected chi connectivity index (χ3v) is 2.26. The molecule has 0 aromatic heterocycles. The van der Waals surface area contributed by atoms with Crippen LogP contribution in [0.4, 0.5) is 0 Å². The third kappa shape index (κ3) is 1.86. The fourth-order valence-corrected chi connectivity index (χ4v) is 1.07. The van der Waals surface area contributed by atoms with Crippen molar-refractivity contribution in [2.75, 3.05) is 7.11 Å². The number of rotatable bonds is 2. The first-order chi connectivity index (χ1) is 5.56. The van der Waals surface area contributed by atoms with Gasteiger partial charge in [-0.2, -0.15) is 0 Å². The van der Waals surface area contributed by atoms with Crippen LogP contribution in [0.15, 0.2) is 24.3 Å². The highest BCUT2D eigenvalue weighted by Gasteiger charge is 2.18. The molecule has 1 nitrogen and oxygen atoms in total. The van der Waals surface area contributed by atoms with Crippen molar-refractivity contribution >= 4 is 0 Å². The van der Waals surface area contributed by atoms with Crippen LogP contribution < -0.4 is 0 Å². The molecule has 0 unspecified atom stereocenters. The summed E-state index contributed by atoms with van der Waals surface area (Å²) in [5, 5.41) is 0. The maximum atomic E-state index is 5.36. The van der Waals surface area contributed by atoms with Crippen molar-refractivity contribution in [3.05, 3.63) is 35.4 Å². The van der Waals surface area contributed by atoms with E-state index in [4.69, 9.17) is 4.74 Å². The molecule has 0 N–H and O–H groups in total. The van der Waals surface area contributed by atoms with Gasteiger partial charge in [-0.3, -0.25) is 0 Å². The zero-order valence-corrected chi connectivity index (χ0v) is 8.22. The predicted molar refractivity (Wildman–Crippen MR) is 51.2 cm³/mol. The lowest BCUT2D eigenvalue weighted by Crippen LogP contribution is -2.19. The Morgan fingerprint density at radius 3 is 2.00 bits per heavy atom. The van der Waals surface area contributed by atoms with Crippen LogP contribution in [0.3, 0.4) is 0 Å². The van der Waals surface area contributed by atoms with E-state index in [9.17, 15) is 0 Å². The van der Waals surface area contributed by atoms with Crippen molar-refractivity contribution in [2.24, 2.45) is 0 Å². The van der Waals surface area contributed by atoms with Crippen LogP contribution in [-0.2, 0) is 10.3 Å². The number of ether oxygens (including phenoxy) is 1. The minimum Gasteiger partial charge on any atom is -0.374 e. The van der Waals surface area contributed by atoms with E-state index in [0.29, 0.717) is 0 Å². The lowest BCUT2D eigenvalue weighted by Gasteiger charge is -2.23. The molecule has 0 radical (unpaired) electrons. The van der Waals surface area contributed by atoms with E-state index in [1.54, 1.807) is 7.11 Å². The SMILES string of the molecule is COC(C)(C)c1ccc(C)cc1. The molecule has 0 bridgehead atoms. The van der Waals surface area contributed by atoms with Crippen molar-refractivity contribution in [1.82, 2.24) is 0 Å². The van der Waals surface area contributed by atoms with E-state index in [0.717, 1.165) is 0 Å². The average Bonchev–Trinajstić information content (AvgIpc) is 2.05. The minimum atomic E-state index is -0.173. The van der Waals surface area contributed by atoms with Gasteiger partial charge in [0, 0.05) is 7.11 Å². The summed E-state index contributed by atoms with van der Waals surface area (Å²) in [7, 11) is 1.74. The van der Waals surface area contributed by atoms with E-state index in [1.165, 1.54) is 11.1 Å². The summed E-state index contributed by atoms with van der Waals surface area (Å²) < 4.78 is 5.36. The zero-order valence-electron chi connectivity index (χ0n) is 8.22. The number of aryl methyl sites for hydroxylation is 1. The molecule has 0 atom stereocenters. The van der Waals surface area contributed by atoms with Crippen molar-refractivity contribution in [2.45, 2.75) is 26.4 Å². The van der Waals surface area contributed by atoms with Gasteiger partial charge in [-0.05, 0) is 26.3 Å². The second kappa shape index (κ2) is 3.28. The van der Waals surface area contributed by atoms with Crippen LogP contribution in [0, 0.1) is 6.92 Å². The summed E-state index contributed by atoms with van der Waals surface area (Å²) in [6.07, 6.45) is 0. The quantitative estimate of drug-likeness (QED) is 0.653. The van der Waals surface area contributed by atoms with Gasteiger partial charge in [0.1, 0.15) is 0 Å². The second-order valence-electron chi connectivity index (χ2n) is 3.58. The average molecular weight is 164 g/mol. The standard InChI is InChI=1S/C11H16O/c1-9-5-7-10(8-6-9)11(2,3)12-4/h5-8H,1-4H3. The van der Waals surface area contributed by atoms with E-state index >= 15 is 0 Å². The molecule has 0 fully saturated rings. The topological polar surface area (TPSA) is 9.23 Å². The molecule has 0 saturated heterocycles. The summed E-state index contributed by atoms with van der Waals surface area (Å²) in [6.45, 7) is 6.22. The van der Waals surface area contributed by atoms with Crippen LogP contribution in [0.5, 0.6) is 0 Å². The van der Waals surface area contributed by atoms with Gasteiger partial charge in [-0.15, -0.1) is 0 Å². The maximum absolute atomic E-state index is 5.36. The van der Waals surface area contributed by atoms with E-state index < -0.39 is 0 Å². The van der Waals surface area contributed by atoms with E-state index in [2.05, 4.69) is 45.0 Å². The molecule has 1 rings (SSSR count). The Bertz CT molecular complexity index is 246. The number of hydrogen-bond donors (Lipinski definition) is 0. The Morgan fingerprint density at radius 2 is 1.58 bits per heavy atom. The van der Waals surface area contributed by atoms with Gasteiger partial charge in [0.2, 0.25) is 0 Å². The fourth-order valence-electron chi connectivity index (χ4n) is 1.07. The molecule has 1 heteroatoms. The molecular weight excluding hydrogens is 148 g/mol. The lowest BCUT2D eigenvalue weighted by molar-refractivity contribution is 0.0192. The third-order valence-electron chi connectivity index (χ3n) is 2.26. The molecule has 0 aliphatic rings. The fraction of sp³-hybridized carbons (Fsp3) is 0.455. The summed E-state index contributed by atoms with van der Waals surface area (Å²) in [6, 6.07) is 8.43. The highest BCUT2D eigenvalue weighted by molar-refractivity contribution is 5.25. The highest BCUT2D eigenvalue weighted by Crippen LogP contribution is 2.23. The molecule has 0 spiro atoms. The van der Waals surface area contributed by atoms with Gasteiger partial charge in [-0.1, -0.05) is 29.8 Å². The molecule has 0 aliphatic heterocycles. The van der Waals surface area contributed by atoms with Crippen LogP contribution in [-0.4, -0.2) is 7.11 Å². The van der Waals surface area contributed by atoms with E-state index in [-0.39, 0.29) is 5.60 Å². The molecule has 66 valence electrons. The Labute approximate surface area is 74.4 Å². The monoisotopic (exact) mass is 164 g/mol. The minimum absolute atomic E-state index is 0.173. The summed E-state index contributed by atoms with van der Waals surface area (Å²) in [5.74, 6) is 0. The Morgan fingerprint density at radius 1 is 1.08 bits per heavy atom. The molecule has 0 amide bonds. The van der Waals surface area contributed by atoms with Crippen LogP contribution in [0.25, 0.3) is 0 Å². The van der Waals surface area contributed by atoms with Crippen molar-refractivity contribution in [1.29, 1.82) is 0 Å². The highest BCUT2D eigenvalue weighted by atomic mass is 16.5. The van der Waals surface area contributed by atoms with Crippen LogP contribution in [0.1, 0.15) is 25.0 Å². The van der Waals surface area contributed by atoms with Crippen LogP contribution in [0.2, 0.25) is 0 Å². The van der Waals surface area contributed by atoms with Crippen LogP contribution >= 0.6 is 0 Å². The predicted octanol–water partition coefficient (Wildman–Crippen LogP) is 2.88. The van der Waals surface area contributed by atoms with Gasteiger partial charge < -0.3 is 4.74 Å². The number of hydrogen-bond acceptors (Lipinski definition) is 1. The molecule has 1 aromatic rings. The largest absolute Gasteiger partial charge is 0.374 e. The first-order valence-corrected chi connectivity index (χ1v) is 4.18. The van der Waals surface area contributed by atoms with Crippen molar-refractivity contribution in [3.63, 3.8) is 0 Å². The van der Waals surface area contributed by atoms with E-state index in [1.807, 2.05) is 0 Å². The molecular formula is C11H16O. The Balaban J connectivity index is 2.96. The van der Waals surface area contributed by atoms with Gasteiger partial charge in [-0.25, -0.2) is 0 Å². The number of methoxy groups -OCH3 is 1. The first kappa shape index (κ1) is 9.27. The normalized spacial score (nSPS) is 11.7. The summed E-state index contributed by atoms with van der Waals surface area (Å²) in [4.78, 5) is 0. The number of benzene rings is 1. The molecule has 0 aliphatic carbocycles. The van der Waals surface area contributed by atoms with Crippen molar-refractivity contribution in [3.8, 4) is 0 Å². The summed E-state index contributed by atoms with van der Waals surface area (Å²) >= 11 is 0. The van der Waals surface area contributed by atoms with Gasteiger partial charge >= 0.3 is 0 Å². The van der Waals surface area contributed by atoms with Gasteiger partial charge in [0.05, 0.1) is 5.60 Å². The molecule has 12 heavy (non-hydrogen) atoms. The molecule has 1 aromatic carbocycles. The lowest BCUT2D eigenvalue weighted by atomic mass is 9.97. The zero-order chi connectivity index (χ0) is 9.19.